The van der Waals surface area contributed by atoms with Gasteiger partial charge in [-0.05, 0) is 30.9 Å². The van der Waals surface area contributed by atoms with Crippen LogP contribution in [0.4, 0.5) is 8.78 Å². The molecule has 6 nitrogen and oxygen atoms in total. The first-order valence-electron chi connectivity index (χ1n) is 9.47. The lowest BCUT2D eigenvalue weighted by Gasteiger charge is -2.25. The molecule has 1 aromatic carbocycles. The average Bonchev–Trinajstić information content (AvgIpc) is 3.04. The van der Waals surface area contributed by atoms with Crippen LogP contribution in [0.5, 0.6) is 0 Å². The number of hydrogen-bond acceptors (Lipinski definition) is 3. The summed E-state index contributed by atoms with van der Waals surface area (Å²) in [4.78, 5) is 22.4. The number of carbonyl (C=O) groups excluding carboxylic acids is 1. The summed E-state index contributed by atoms with van der Waals surface area (Å²) in [5.41, 5.74) is 4.37. The van der Waals surface area contributed by atoms with E-state index in [1.807, 2.05) is 0 Å². The average molecular weight is 381 g/mol. The zero-order valence-corrected chi connectivity index (χ0v) is 15.0. The number of nitrogens with zero attached hydrogens (tertiary/aromatic N) is 4. The van der Waals surface area contributed by atoms with E-state index in [9.17, 15) is 13.6 Å². The molecule has 0 unspecified atom stereocenters. The van der Waals surface area contributed by atoms with Crippen LogP contribution in [0.25, 0.3) is 5.69 Å². The second-order valence-corrected chi connectivity index (χ2v) is 7.83. The number of rotatable bonds is 2. The van der Waals surface area contributed by atoms with Crippen molar-refractivity contribution < 1.29 is 13.6 Å². The van der Waals surface area contributed by atoms with Gasteiger partial charge in [0.1, 0.15) is 11.5 Å². The highest BCUT2D eigenvalue weighted by atomic mass is 19.1. The van der Waals surface area contributed by atoms with Crippen LogP contribution in [-0.2, 0) is 19.4 Å². The van der Waals surface area contributed by atoms with Crippen molar-refractivity contribution in [2.24, 2.45) is 5.92 Å². The predicted molar refractivity (Wildman–Crippen MR) is 95.1 cm³/mol. The summed E-state index contributed by atoms with van der Waals surface area (Å²) in [6, 6.07) is 3.46. The molecule has 1 aliphatic heterocycles. The zero-order valence-electron chi connectivity index (χ0n) is 15.0. The fraction of sp³-hybridized carbons (Fsp3) is 0.350. The molecule has 142 valence electrons. The first kappa shape index (κ1) is 16.0. The van der Waals surface area contributed by atoms with E-state index in [0.717, 1.165) is 41.6 Å². The number of aromatic amines is 1. The van der Waals surface area contributed by atoms with Crippen molar-refractivity contribution in [3.63, 3.8) is 0 Å². The van der Waals surface area contributed by atoms with Crippen molar-refractivity contribution in [1.82, 2.24) is 24.6 Å². The van der Waals surface area contributed by atoms with Gasteiger partial charge in [0.05, 0.1) is 30.0 Å². The molecule has 6 rings (SSSR count). The van der Waals surface area contributed by atoms with Gasteiger partial charge < -0.3 is 9.88 Å². The Kier molecular flexibility index (Phi) is 3.14. The summed E-state index contributed by atoms with van der Waals surface area (Å²) < 4.78 is 29.3. The van der Waals surface area contributed by atoms with Crippen molar-refractivity contribution in [2.45, 2.75) is 31.7 Å². The van der Waals surface area contributed by atoms with Crippen LogP contribution in [0, 0.1) is 17.6 Å². The van der Waals surface area contributed by atoms with Gasteiger partial charge in [-0.2, -0.15) is 5.10 Å². The number of fused-ring (bicyclic) bond motifs is 4. The third-order valence-electron chi connectivity index (χ3n) is 6.17. The molecule has 3 aliphatic rings. The van der Waals surface area contributed by atoms with Gasteiger partial charge in [-0.25, -0.2) is 18.4 Å². The van der Waals surface area contributed by atoms with E-state index in [4.69, 9.17) is 0 Å². The largest absolute Gasteiger partial charge is 0.347 e. The van der Waals surface area contributed by atoms with Crippen LogP contribution < -0.4 is 0 Å². The molecule has 1 fully saturated rings. The lowest BCUT2D eigenvalue weighted by atomic mass is 10.1. The standard InChI is InChI=1S/C20H17F2N5O/c21-11-1-2-17(14(22)7-11)27-19-12-5-10(12)6-13(19)18(25-27)20(28)26-4-3-15-16(8-26)24-9-23-15/h1-2,7,9-10,12H,3-6,8H2,(H,23,24)/t10-,12-/m1/s1. The quantitative estimate of drug-likeness (QED) is 0.742. The molecule has 2 atom stereocenters. The molecule has 0 bridgehead atoms. The van der Waals surface area contributed by atoms with E-state index in [-0.39, 0.29) is 11.6 Å². The normalized spacial score (nSPS) is 22.0. The molecule has 0 saturated heterocycles. The van der Waals surface area contributed by atoms with Crippen molar-refractivity contribution in [3.8, 4) is 5.69 Å². The zero-order chi connectivity index (χ0) is 19.0. The maximum atomic E-state index is 14.4. The topological polar surface area (TPSA) is 66.8 Å². The fourth-order valence-corrected chi connectivity index (χ4v) is 4.66. The molecule has 0 radical (unpaired) electrons. The minimum absolute atomic E-state index is 0.140. The molecular formula is C20H17F2N5O. The number of imidazole rings is 1. The van der Waals surface area contributed by atoms with Crippen LogP contribution in [0.2, 0.25) is 0 Å². The highest BCUT2D eigenvalue weighted by Gasteiger charge is 2.50. The van der Waals surface area contributed by atoms with Crippen molar-refractivity contribution >= 4 is 5.91 Å². The summed E-state index contributed by atoms with van der Waals surface area (Å²) >= 11 is 0. The Balaban J connectivity index is 1.42. The first-order chi connectivity index (χ1) is 13.6. The van der Waals surface area contributed by atoms with Gasteiger partial charge in [-0.1, -0.05) is 0 Å². The van der Waals surface area contributed by atoms with Gasteiger partial charge in [0.25, 0.3) is 5.91 Å². The lowest BCUT2D eigenvalue weighted by Crippen LogP contribution is -2.36. The molecule has 2 aliphatic carbocycles. The number of amides is 1. The number of nitrogens with one attached hydrogen (secondary N) is 1. The highest BCUT2D eigenvalue weighted by Crippen LogP contribution is 2.57. The van der Waals surface area contributed by atoms with Crippen LogP contribution in [-0.4, -0.2) is 37.1 Å². The first-order valence-corrected chi connectivity index (χ1v) is 9.47. The van der Waals surface area contributed by atoms with Crippen molar-refractivity contribution in [3.05, 3.63) is 64.5 Å². The Bertz CT molecular complexity index is 1130. The number of benzene rings is 1. The summed E-state index contributed by atoms with van der Waals surface area (Å²) in [5.74, 6) is -0.620. The van der Waals surface area contributed by atoms with E-state index in [0.29, 0.717) is 37.0 Å². The molecule has 3 aromatic rings. The van der Waals surface area contributed by atoms with Gasteiger partial charge >= 0.3 is 0 Å². The van der Waals surface area contributed by atoms with E-state index in [1.165, 1.54) is 16.8 Å². The molecule has 0 spiro atoms. The number of halogens is 2. The van der Waals surface area contributed by atoms with Crippen molar-refractivity contribution in [2.75, 3.05) is 6.54 Å². The molecule has 1 N–H and O–H groups in total. The van der Waals surface area contributed by atoms with E-state index < -0.39 is 11.6 Å². The van der Waals surface area contributed by atoms with Gasteiger partial charge in [-0.15, -0.1) is 0 Å². The van der Waals surface area contributed by atoms with E-state index >= 15 is 0 Å². The number of aromatic nitrogens is 4. The van der Waals surface area contributed by atoms with Gasteiger partial charge in [0, 0.05) is 30.5 Å². The number of hydrogen-bond donors (Lipinski definition) is 1. The molecular weight excluding hydrogens is 364 g/mol. The van der Waals surface area contributed by atoms with Crippen molar-refractivity contribution in [1.29, 1.82) is 0 Å². The molecule has 1 amide bonds. The Labute approximate surface area is 159 Å². The lowest BCUT2D eigenvalue weighted by molar-refractivity contribution is 0.0724. The molecule has 3 heterocycles. The Morgan fingerprint density at radius 1 is 1.29 bits per heavy atom. The smallest absolute Gasteiger partial charge is 0.275 e. The Hall–Kier alpha value is -3.03. The third kappa shape index (κ3) is 2.20. The fourth-order valence-electron chi connectivity index (χ4n) is 4.66. The molecule has 8 heteroatoms. The highest BCUT2D eigenvalue weighted by molar-refractivity contribution is 5.94. The van der Waals surface area contributed by atoms with Crippen LogP contribution in [0.15, 0.2) is 24.5 Å². The summed E-state index contributed by atoms with van der Waals surface area (Å²) in [7, 11) is 0. The monoisotopic (exact) mass is 381 g/mol. The van der Waals surface area contributed by atoms with Crippen LogP contribution in [0.3, 0.4) is 0 Å². The minimum atomic E-state index is -0.673. The minimum Gasteiger partial charge on any atom is -0.347 e. The second-order valence-electron chi connectivity index (χ2n) is 7.83. The van der Waals surface area contributed by atoms with Gasteiger partial charge in [-0.3, -0.25) is 4.79 Å². The summed E-state index contributed by atoms with van der Waals surface area (Å²) in [5, 5.41) is 4.53. The Morgan fingerprint density at radius 3 is 3.04 bits per heavy atom. The summed E-state index contributed by atoms with van der Waals surface area (Å²) in [6.45, 7) is 1.05. The van der Waals surface area contributed by atoms with Gasteiger partial charge in [0.2, 0.25) is 0 Å². The maximum Gasteiger partial charge on any atom is 0.275 e. The molecule has 2 aromatic heterocycles. The molecule has 28 heavy (non-hydrogen) atoms. The second kappa shape index (κ2) is 5.50. The summed E-state index contributed by atoms with van der Waals surface area (Å²) in [6.07, 6.45) is 4.19. The third-order valence-corrected chi connectivity index (χ3v) is 6.17. The van der Waals surface area contributed by atoms with E-state index in [2.05, 4.69) is 15.1 Å². The van der Waals surface area contributed by atoms with Crippen LogP contribution >= 0.6 is 0 Å². The van der Waals surface area contributed by atoms with E-state index in [1.54, 1.807) is 11.2 Å². The molecule has 1 saturated carbocycles. The number of H-pyrrole nitrogens is 1. The van der Waals surface area contributed by atoms with Crippen LogP contribution in [0.1, 0.15) is 45.5 Å². The predicted octanol–water partition coefficient (Wildman–Crippen LogP) is 2.73. The number of carbonyl (C=O) groups is 1. The van der Waals surface area contributed by atoms with Gasteiger partial charge in [0.15, 0.2) is 11.5 Å². The Morgan fingerprint density at radius 2 is 2.18 bits per heavy atom. The maximum absolute atomic E-state index is 14.4. The SMILES string of the molecule is O=C(c1nn(-c2ccc(F)cc2F)c2c1C[C@H]1C[C@@H]21)N1CCc2nc[nH]c2C1.